The van der Waals surface area contributed by atoms with Crippen LogP contribution in [0.5, 0.6) is 0 Å². The van der Waals surface area contributed by atoms with E-state index in [1.807, 2.05) is 0 Å². The third kappa shape index (κ3) is 3.78. The molecule has 1 aromatic rings. The quantitative estimate of drug-likeness (QED) is 0.680. The summed E-state index contributed by atoms with van der Waals surface area (Å²) in [6, 6.07) is 6.77. The van der Waals surface area contributed by atoms with Crippen molar-refractivity contribution in [1.82, 2.24) is 0 Å². The normalized spacial score (nSPS) is 16.7. The standard InChI is InChI=1S/C8H6O4.2C4H9.Sn/c9-7(10)5-3-1-2-4-6(5)8(11)12;2*1-3-4-2;/h1-4H,(H,9,10)(H,11,12);2*1,3-4H2,2H3;/q;;;+2/p-2. The summed E-state index contributed by atoms with van der Waals surface area (Å²) >= 11 is -3.66. The average molecular weight is 397 g/mol. The predicted octanol–water partition coefficient (Wildman–Crippen LogP) is 4.06. The van der Waals surface area contributed by atoms with Crippen LogP contribution in [0.3, 0.4) is 0 Å². The van der Waals surface area contributed by atoms with Gasteiger partial charge in [-0.1, -0.05) is 0 Å². The van der Waals surface area contributed by atoms with Crippen LogP contribution in [0.4, 0.5) is 0 Å². The summed E-state index contributed by atoms with van der Waals surface area (Å²) in [6.07, 6.45) is 3.90. The van der Waals surface area contributed by atoms with Crippen molar-refractivity contribution >= 4 is 31.1 Å². The second-order valence-electron chi connectivity index (χ2n) is 5.44. The van der Waals surface area contributed by atoms with Gasteiger partial charge in [0.2, 0.25) is 0 Å². The molecule has 0 bridgehead atoms. The van der Waals surface area contributed by atoms with Gasteiger partial charge in [0, 0.05) is 0 Å². The Morgan fingerprint density at radius 1 is 0.857 bits per heavy atom. The van der Waals surface area contributed by atoms with Crippen LogP contribution in [0.2, 0.25) is 8.87 Å². The molecule has 0 amide bonds. The van der Waals surface area contributed by atoms with Gasteiger partial charge in [-0.3, -0.25) is 0 Å². The summed E-state index contributed by atoms with van der Waals surface area (Å²) in [5, 5.41) is 0. The van der Waals surface area contributed by atoms with Crippen molar-refractivity contribution in [2.75, 3.05) is 0 Å². The molecule has 114 valence electrons. The number of fused-ring (bicyclic) bond motifs is 1. The third-order valence-corrected chi connectivity index (χ3v) is 13.3. The second kappa shape index (κ2) is 7.29. The molecule has 0 fully saturated rings. The first-order valence-corrected chi connectivity index (χ1v) is 14.0. The van der Waals surface area contributed by atoms with Gasteiger partial charge in [0.25, 0.3) is 0 Å². The van der Waals surface area contributed by atoms with E-state index in [-0.39, 0.29) is 11.9 Å². The Hall–Kier alpha value is -1.04. The van der Waals surface area contributed by atoms with Gasteiger partial charge in [0.05, 0.1) is 0 Å². The van der Waals surface area contributed by atoms with Gasteiger partial charge in [0.1, 0.15) is 0 Å². The van der Waals surface area contributed by atoms with Gasteiger partial charge in [-0.25, -0.2) is 0 Å². The van der Waals surface area contributed by atoms with Crippen LogP contribution in [0.25, 0.3) is 0 Å². The molecule has 2 rings (SSSR count). The van der Waals surface area contributed by atoms with E-state index in [0.29, 0.717) is 11.1 Å². The molecule has 1 aromatic carbocycles. The van der Waals surface area contributed by atoms with Crippen LogP contribution in [-0.2, 0) is 6.15 Å². The van der Waals surface area contributed by atoms with E-state index in [1.54, 1.807) is 24.3 Å². The number of carbonyl (C=O) groups excluding carboxylic acids is 2. The summed E-state index contributed by atoms with van der Waals surface area (Å²) in [6.45, 7) is 4.18. The van der Waals surface area contributed by atoms with Crippen molar-refractivity contribution < 1.29 is 15.7 Å². The Balaban J connectivity index is 2.33. The molecule has 0 atom stereocenters. The van der Waals surface area contributed by atoms with Gasteiger partial charge < -0.3 is 0 Å². The van der Waals surface area contributed by atoms with Crippen molar-refractivity contribution in [1.29, 1.82) is 0 Å². The molecule has 0 saturated carbocycles. The molecule has 0 aliphatic carbocycles. The SMILES string of the molecule is CCC[CH2][Sn]1([CH2]CCC)[O]C(=O)c2ccccc2C(=O)[O]1. The summed E-state index contributed by atoms with van der Waals surface area (Å²) in [4.78, 5) is 24.8. The number of hydrogen-bond donors (Lipinski definition) is 0. The topological polar surface area (TPSA) is 52.6 Å². The molecular formula is C16H22O4Sn. The second-order valence-corrected chi connectivity index (χ2v) is 14.7. The molecule has 0 N–H and O–H groups in total. The van der Waals surface area contributed by atoms with Crippen molar-refractivity contribution in [2.45, 2.75) is 48.4 Å². The van der Waals surface area contributed by atoms with E-state index >= 15 is 0 Å². The average Bonchev–Trinajstić information content (AvgIpc) is 2.60. The van der Waals surface area contributed by atoms with Crippen LogP contribution in [0.1, 0.15) is 60.2 Å². The zero-order valence-corrected chi connectivity index (χ0v) is 15.5. The van der Waals surface area contributed by atoms with Crippen LogP contribution in [0, 0.1) is 0 Å². The fraction of sp³-hybridized carbons (Fsp3) is 0.500. The van der Waals surface area contributed by atoms with Crippen molar-refractivity contribution in [3.05, 3.63) is 35.4 Å². The predicted molar refractivity (Wildman–Crippen MR) is 82.5 cm³/mol. The monoisotopic (exact) mass is 398 g/mol. The van der Waals surface area contributed by atoms with E-state index in [9.17, 15) is 9.59 Å². The maximum atomic E-state index is 12.4. The molecule has 0 radical (unpaired) electrons. The first-order valence-electron chi connectivity index (χ1n) is 7.67. The Bertz CT molecular complexity index is 480. The molecule has 5 heteroatoms. The third-order valence-electron chi connectivity index (χ3n) is 3.75. The summed E-state index contributed by atoms with van der Waals surface area (Å²) < 4.78 is 13.2. The summed E-state index contributed by atoms with van der Waals surface area (Å²) in [5.41, 5.74) is 0.683. The Morgan fingerprint density at radius 3 is 1.67 bits per heavy atom. The molecule has 21 heavy (non-hydrogen) atoms. The molecule has 0 saturated heterocycles. The minimum absolute atomic E-state index is 0.342. The molecule has 4 nitrogen and oxygen atoms in total. The molecule has 1 aliphatic heterocycles. The van der Waals surface area contributed by atoms with Crippen LogP contribution in [-0.4, -0.2) is 31.1 Å². The Kier molecular flexibility index (Phi) is 5.67. The number of benzene rings is 1. The van der Waals surface area contributed by atoms with E-state index in [0.717, 1.165) is 34.6 Å². The summed E-state index contributed by atoms with van der Waals surface area (Å²) in [5.74, 6) is -0.751. The number of rotatable bonds is 6. The van der Waals surface area contributed by atoms with Crippen molar-refractivity contribution in [3.8, 4) is 0 Å². The van der Waals surface area contributed by atoms with Gasteiger partial charge in [-0.2, -0.15) is 0 Å². The van der Waals surface area contributed by atoms with Crippen LogP contribution in [0.15, 0.2) is 24.3 Å². The fourth-order valence-corrected chi connectivity index (χ4v) is 12.2. The Labute approximate surface area is 130 Å². The first kappa shape index (κ1) is 16.3. The molecule has 1 heterocycles. The number of carbonyl (C=O) groups is 2. The van der Waals surface area contributed by atoms with Gasteiger partial charge >= 0.3 is 131 Å². The molecule has 0 unspecified atom stereocenters. The van der Waals surface area contributed by atoms with Crippen molar-refractivity contribution in [3.63, 3.8) is 0 Å². The maximum absolute atomic E-state index is 12.4. The van der Waals surface area contributed by atoms with Crippen molar-refractivity contribution in [2.24, 2.45) is 0 Å². The van der Waals surface area contributed by atoms with E-state index < -0.39 is 19.2 Å². The van der Waals surface area contributed by atoms with Gasteiger partial charge in [-0.15, -0.1) is 0 Å². The van der Waals surface area contributed by atoms with Crippen LogP contribution < -0.4 is 0 Å². The molecular weight excluding hydrogens is 375 g/mol. The van der Waals surface area contributed by atoms with Crippen LogP contribution >= 0.6 is 0 Å². The van der Waals surface area contributed by atoms with E-state index in [4.69, 9.17) is 6.15 Å². The fourth-order valence-electron chi connectivity index (χ4n) is 2.53. The zero-order valence-electron chi connectivity index (χ0n) is 12.7. The molecule has 0 spiro atoms. The van der Waals surface area contributed by atoms with E-state index in [1.165, 1.54) is 0 Å². The molecule has 0 aromatic heterocycles. The number of hydrogen-bond acceptors (Lipinski definition) is 4. The van der Waals surface area contributed by atoms with Gasteiger partial charge in [-0.05, 0) is 0 Å². The number of unbranched alkanes of at least 4 members (excludes halogenated alkanes) is 2. The zero-order chi connectivity index (χ0) is 15.3. The van der Waals surface area contributed by atoms with Gasteiger partial charge in [0.15, 0.2) is 0 Å². The Morgan fingerprint density at radius 2 is 1.29 bits per heavy atom. The molecule has 1 aliphatic rings. The summed E-state index contributed by atoms with van der Waals surface area (Å²) in [7, 11) is 0. The first-order chi connectivity index (χ1) is 10.1. The van der Waals surface area contributed by atoms with E-state index in [2.05, 4.69) is 13.8 Å². The minimum atomic E-state index is -3.66.